The Bertz CT molecular complexity index is 831. The number of nitrogens with two attached hydrogens (primary N) is 1. The van der Waals surface area contributed by atoms with Crippen LogP contribution in [0, 0.1) is 11.8 Å². The van der Waals surface area contributed by atoms with Crippen LogP contribution in [-0.2, 0) is 28.8 Å². The Morgan fingerprint density at radius 2 is 1.19 bits per heavy atom. The predicted molar refractivity (Wildman–Crippen MR) is 123 cm³/mol. The van der Waals surface area contributed by atoms with Gasteiger partial charge in [0.05, 0.1) is 12.5 Å². The van der Waals surface area contributed by atoms with E-state index in [2.05, 4.69) is 16.0 Å². The molecular weight excluding hydrogens is 487 g/mol. The molecule has 4 unspecified atom stereocenters. The summed E-state index contributed by atoms with van der Waals surface area (Å²) in [6, 6.07) is -5.83. The van der Waals surface area contributed by atoms with Crippen LogP contribution in [-0.4, -0.2) is 65.7 Å². The third-order valence-electron chi connectivity index (χ3n) is 5.08. The molecule has 0 aromatic rings. The van der Waals surface area contributed by atoms with Crippen molar-refractivity contribution in [2.24, 2.45) is 17.6 Å². The van der Waals surface area contributed by atoms with Crippen LogP contribution in [0.25, 0.3) is 0 Å². The largest absolute Gasteiger partial charge is 0.452 e. The average molecular weight is 524 g/mol. The topological polar surface area (TPSA) is 177 Å². The molecule has 206 valence electrons. The molecule has 5 amide bonds. The van der Waals surface area contributed by atoms with E-state index < -0.39 is 78.0 Å². The number of primary amides is 1. The highest BCUT2D eigenvalue weighted by atomic mass is 19.4. The van der Waals surface area contributed by atoms with Crippen molar-refractivity contribution >= 4 is 35.3 Å². The zero-order chi connectivity index (χ0) is 28.4. The number of amides is 5. The van der Waals surface area contributed by atoms with Gasteiger partial charge in [-0.15, -0.1) is 0 Å². The molecule has 0 aliphatic rings. The van der Waals surface area contributed by atoms with Gasteiger partial charge in [-0.05, 0) is 18.3 Å². The number of alkyl halides is 3. The van der Waals surface area contributed by atoms with Crippen LogP contribution in [0.5, 0.6) is 0 Å². The molecule has 6 N–H and O–H groups in total. The summed E-state index contributed by atoms with van der Waals surface area (Å²) in [5, 5.41) is 9.11. The van der Waals surface area contributed by atoms with E-state index in [4.69, 9.17) is 5.73 Å². The monoisotopic (exact) mass is 523 g/mol. The van der Waals surface area contributed by atoms with Crippen molar-refractivity contribution in [3.63, 3.8) is 0 Å². The van der Waals surface area contributed by atoms with Gasteiger partial charge in [0.1, 0.15) is 18.1 Å². The molecule has 36 heavy (non-hydrogen) atoms. The summed E-state index contributed by atoms with van der Waals surface area (Å²) in [7, 11) is 0. The molecule has 4 atom stereocenters. The zero-order valence-corrected chi connectivity index (χ0v) is 21.2. The molecule has 0 radical (unpaired) electrons. The second-order valence-corrected chi connectivity index (χ2v) is 9.10. The molecule has 0 aromatic carbocycles. The molecule has 14 heteroatoms. The Kier molecular flexibility index (Phi) is 13.1. The molecule has 0 rings (SSSR count). The quantitative estimate of drug-likeness (QED) is 0.215. The van der Waals surface area contributed by atoms with Crippen LogP contribution >= 0.6 is 0 Å². The van der Waals surface area contributed by atoms with Gasteiger partial charge in [0.2, 0.25) is 29.5 Å². The first kappa shape index (κ1) is 32.8. The molecule has 0 saturated heterocycles. The van der Waals surface area contributed by atoms with Gasteiger partial charge in [0.25, 0.3) is 5.78 Å². The second kappa shape index (κ2) is 14.4. The highest BCUT2D eigenvalue weighted by Crippen LogP contribution is 2.20. The normalized spacial score (nSPS) is 14.9. The Labute approximate surface area is 207 Å². The van der Waals surface area contributed by atoms with Crippen molar-refractivity contribution in [2.45, 2.75) is 91.1 Å². The lowest BCUT2D eigenvalue weighted by molar-refractivity contribution is -0.174. The van der Waals surface area contributed by atoms with Gasteiger partial charge in [-0.2, -0.15) is 13.2 Å². The second-order valence-electron chi connectivity index (χ2n) is 9.10. The summed E-state index contributed by atoms with van der Waals surface area (Å²) >= 11 is 0. The molecule has 0 aliphatic heterocycles. The predicted octanol–water partition coefficient (Wildman–Crippen LogP) is 0.0644. The minimum atomic E-state index is -5.20. The van der Waals surface area contributed by atoms with Crippen LogP contribution < -0.4 is 27.0 Å². The van der Waals surface area contributed by atoms with E-state index in [1.165, 1.54) is 13.8 Å². The van der Waals surface area contributed by atoms with Crippen LogP contribution in [0.4, 0.5) is 13.2 Å². The molecule has 0 aromatic heterocycles. The maximum Gasteiger partial charge on any atom is 0.452 e. The third kappa shape index (κ3) is 11.0. The lowest BCUT2D eigenvalue weighted by atomic mass is 9.99. The maximum absolute atomic E-state index is 12.9. The first-order valence-corrected chi connectivity index (χ1v) is 11.5. The fourth-order valence-corrected chi connectivity index (χ4v) is 3.23. The number of Topliss-reactive ketones (excluding diaryl/α,β-unsaturated/α-hetero) is 1. The summed E-state index contributed by atoms with van der Waals surface area (Å²) in [6.45, 7) is 9.23. The summed E-state index contributed by atoms with van der Waals surface area (Å²) in [5.41, 5.74) is 5.13. The van der Waals surface area contributed by atoms with Gasteiger partial charge in [-0.1, -0.05) is 41.0 Å². The number of carbonyl (C=O) groups excluding carboxylic acids is 6. The minimum absolute atomic E-state index is 0.131. The van der Waals surface area contributed by atoms with Gasteiger partial charge in [-0.25, -0.2) is 0 Å². The lowest BCUT2D eigenvalue weighted by Gasteiger charge is -2.28. The number of nitrogens with one attached hydrogen (secondary N) is 4. The van der Waals surface area contributed by atoms with Gasteiger partial charge in [0.15, 0.2) is 0 Å². The van der Waals surface area contributed by atoms with Crippen molar-refractivity contribution in [3.05, 3.63) is 0 Å². The Balaban J connectivity index is 5.76. The molecule has 0 spiro atoms. The Morgan fingerprint density at radius 3 is 1.58 bits per heavy atom. The summed E-state index contributed by atoms with van der Waals surface area (Å²) in [5.74, 6) is -7.36. The number of rotatable bonds is 14. The van der Waals surface area contributed by atoms with E-state index in [1.54, 1.807) is 27.7 Å². The summed E-state index contributed by atoms with van der Waals surface area (Å²) in [6.07, 6.45) is -6.17. The van der Waals surface area contributed by atoms with Crippen molar-refractivity contribution in [2.75, 3.05) is 0 Å². The number of hydrogen-bond donors (Lipinski definition) is 5. The molecule has 0 fully saturated rings. The number of carbonyl (C=O) groups is 6. The highest BCUT2D eigenvalue weighted by Gasteiger charge is 2.44. The molecule has 0 aliphatic carbocycles. The molecule has 0 saturated carbocycles. The fourth-order valence-electron chi connectivity index (χ4n) is 3.23. The molecular formula is C22H36F3N5O6. The van der Waals surface area contributed by atoms with Crippen molar-refractivity contribution in [1.82, 2.24) is 21.3 Å². The van der Waals surface area contributed by atoms with Gasteiger partial charge >= 0.3 is 6.18 Å². The van der Waals surface area contributed by atoms with E-state index in [0.717, 1.165) is 0 Å². The van der Waals surface area contributed by atoms with E-state index in [9.17, 15) is 41.9 Å². The van der Waals surface area contributed by atoms with E-state index in [1.807, 2.05) is 5.32 Å². The van der Waals surface area contributed by atoms with E-state index in [0.29, 0.717) is 0 Å². The lowest BCUT2D eigenvalue weighted by Crippen LogP contribution is -2.60. The minimum Gasteiger partial charge on any atom is -0.370 e. The van der Waals surface area contributed by atoms with Crippen LogP contribution in [0.15, 0.2) is 0 Å². The maximum atomic E-state index is 12.9. The van der Waals surface area contributed by atoms with Crippen molar-refractivity contribution in [3.8, 4) is 0 Å². The fraction of sp³-hybridized carbons (Fsp3) is 0.727. The molecule has 0 bridgehead atoms. The standard InChI is InChI=1S/C22H36F3N5O6/c1-7-8-13(18(33)22(23,24)25)28-19(34)14(9-15(26)32)29-20(35)17(11(4)5)30-21(36)16(10(2)3)27-12(6)31/h10-11,13-14,16-17H,7-9H2,1-6H3,(H2,26,32)(H,27,31)(H,28,34)(H,29,35)(H,30,36). The van der Waals surface area contributed by atoms with Gasteiger partial charge in [-0.3, -0.25) is 28.8 Å². The first-order chi connectivity index (χ1) is 16.4. The van der Waals surface area contributed by atoms with Crippen LogP contribution in [0.1, 0.15) is 60.8 Å². The Hall–Kier alpha value is -3.19. The number of hydrogen-bond acceptors (Lipinski definition) is 6. The number of ketones is 1. The SMILES string of the molecule is CCCC(NC(=O)C(CC(N)=O)NC(=O)C(NC(=O)C(NC(C)=O)C(C)C)C(C)C)C(=O)C(F)(F)F. The summed E-state index contributed by atoms with van der Waals surface area (Å²) in [4.78, 5) is 72.9. The summed E-state index contributed by atoms with van der Waals surface area (Å²) < 4.78 is 38.7. The smallest absolute Gasteiger partial charge is 0.370 e. The van der Waals surface area contributed by atoms with Crippen LogP contribution in [0.2, 0.25) is 0 Å². The van der Waals surface area contributed by atoms with Crippen LogP contribution in [0.3, 0.4) is 0 Å². The average Bonchev–Trinajstić information content (AvgIpc) is 2.72. The van der Waals surface area contributed by atoms with Gasteiger partial charge in [0, 0.05) is 6.92 Å². The Morgan fingerprint density at radius 1 is 0.750 bits per heavy atom. The third-order valence-corrected chi connectivity index (χ3v) is 5.08. The zero-order valence-electron chi connectivity index (χ0n) is 21.2. The van der Waals surface area contributed by atoms with Crippen molar-refractivity contribution < 1.29 is 41.9 Å². The van der Waals surface area contributed by atoms with Gasteiger partial charge < -0.3 is 27.0 Å². The van der Waals surface area contributed by atoms with Crippen molar-refractivity contribution in [1.29, 1.82) is 0 Å². The molecule has 11 nitrogen and oxygen atoms in total. The highest BCUT2D eigenvalue weighted by molar-refractivity contribution is 5.98. The number of halogens is 3. The first-order valence-electron chi connectivity index (χ1n) is 11.5. The van der Waals surface area contributed by atoms with E-state index in [-0.39, 0.29) is 18.8 Å². The van der Waals surface area contributed by atoms with E-state index >= 15 is 0 Å². The molecule has 0 heterocycles.